The van der Waals surface area contributed by atoms with E-state index in [1.807, 2.05) is 31.2 Å². The van der Waals surface area contributed by atoms with Crippen LogP contribution in [0.5, 0.6) is 5.75 Å². The molecule has 1 unspecified atom stereocenters. The van der Waals surface area contributed by atoms with Crippen molar-refractivity contribution in [3.05, 3.63) is 29.8 Å². The number of para-hydroxylation sites is 1. The van der Waals surface area contributed by atoms with Gasteiger partial charge in [0.15, 0.2) is 5.78 Å². The zero-order valence-electron chi connectivity index (χ0n) is 12.4. The van der Waals surface area contributed by atoms with Gasteiger partial charge in [0.2, 0.25) is 0 Å². The molecule has 4 heteroatoms. The monoisotopic (exact) mass is 276 g/mol. The number of hydrogen-bond donors (Lipinski definition) is 1. The second-order valence-electron chi connectivity index (χ2n) is 5.28. The van der Waals surface area contributed by atoms with E-state index in [1.54, 1.807) is 0 Å². The number of carbonyl (C=O) groups excluding carboxylic acids is 1. The third kappa shape index (κ3) is 4.05. The van der Waals surface area contributed by atoms with Crippen LogP contribution >= 0.6 is 0 Å². The third-order valence-electron chi connectivity index (χ3n) is 3.63. The summed E-state index contributed by atoms with van der Waals surface area (Å²) in [4.78, 5) is 14.2. The molecule has 4 nitrogen and oxygen atoms in total. The topological polar surface area (TPSA) is 41.6 Å². The number of benzene rings is 1. The smallest absolute Gasteiger partial charge is 0.166 e. The van der Waals surface area contributed by atoms with Crippen LogP contribution in [0.3, 0.4) is 0 Å². The van der Waals surface area contributed by atoms with Crippen LogP contribution in [0, 0.1) is 0 Å². The van der Waals surface area contributed by atoms with Gasteiger partial charge in [-0.15, -0.1) is 0 Å². The van der Waals surface area contributed by atoms with Crippen LogP contribution in [-0.4, -0.2) is 49.5 Å². The number of nitrogens with one attached hydrogen (secondary N) is 1. The van der Waals surface area contributed by atoms with Crippen LogP contribution in [0.1, 0.15) is 30.6 Å². The Labute approximate surface area is 121 Å². The number of carbonyl (C=O) groups is 1. The van der Waals surface area contributed by atoms with E-state index in [1.165, 1.54) is 0 Å². The van der Waals surface area contributed by atoms with E-state index in [2.05, 4.69) is 17.1 Å². The van der Waals surface area contributed by atoms with Gasteiger partial charge in [0.25, 0.3) is 0 Å². The van der Waals surface area contributed by atoms with Gasteiger partial charge >= 0.3 is 0 Å². The summed E-state index contributed by atoms with van der Waals surface area (Å²) < 4.78 is 5.82. The Balaban J connectivity index is 1.86. The van der Waals surface area contributed by atoms with Crippen molar-refractivity contribution in [2.24, 2.45) is 0 Å². The number of hydrogen-bond acceptors (Lipinski definition) is 4. The lowest BCUT2D eigenvalue weighted by Crippen LogP contribution is -2.50. The zero-order valence-corrected chi connectivity index (χ0v) is 12.4. The van der Waals surface area contributed by atoms with Gasteiger partial charge in [0, 0.05) is 38.6 Å². The average molecular weight is 276 g/mol. The molecule has 2 rings (SSSR count). The lowest BCUT2D eigenvalue weighted by atomic mass is 10.1. The highest BCUT2D eigenvalue weighted by Gasteiger charge is 2.15. The maximum atomic E-state index is 11.8. The summed E-state index contributed by atoms with van der Waals surface area (Å²) in [5.74, 6) is 0.846. The molecule has 1 saturated heterocycles. The van der Waals surface area contributed by atoms with Gasteiger partial charge < -0.3 is 10.1 Å². The molecular weight excluding hydrogens is 252 g/mol. The number of Topliss-reactive ketones (excluding diaryl/α,β-unsaturated/α-hetero) is 1. The van der Waals surface area contributed by atoms with Crippen LogP contribution in [0.4, 0.5) is 0 Å². The summed E-state index contributed by atoms with van der Waals surface area (Å²) in [6.45, 7) is 8.75. The van der Waals surface area contributed by atoms with Crippen LogP contribution in [0.2, 0.25) is 0 Å². The lowest BCUT2D eigenvalue weighted by molar-refractivity contribution is 0.0983. The van der Waals surface area contributed by atoms with Gasteiger partial charge in [0.1, 0.15) is 12.4 Å². The summed E-state index contributed by atoms with van der Waals surface area (Å²) in [5, 5.41) is 3.42. The van der Waals surface area contributed by atoms with Gasteiger partial charge in [0.05, 0.1) is 5.56 Å². The molecule has 0 radical (unpaired) electrons. The molecule has 0 aromatic heterocycles. The molecule has 110 valence electrons. The molecule has 0 saturated carbocycles. The Morgan fingerprint density at radius 2 is 2.25 bits per heavy atom. The van der Waals surface area contributed by atoms with E-state index in [0.29, 0.717) is 30.4 Å². The normalized spacial score (nSPS) is 19.8. The minimum Gasteiger partial charge on any atom is -0.491 e. The lowest BCUT2D eigenvalue weighted by Gasteiger charge is -2.31. The van der Waals surface area contributed by atoms with Crippen LogP contribution in [0.25, 0.3) is 0 Å². The van der Waals surface area contributed by atoms with E-state index in [9.17, 15) is 4.79 Å². The Hall–Kier alpha value is -1.39. The molecule has 20 heavy (non-hydrogen) atoms. The van der Waals surface area contributed by atoms with E-state index < -0.39 is 0 Å². The minimum absolute atomic E-state index is 0.136. The highest BCUT2D eigenvalue weighted by Crippen LogP contribution is 2.19. The summed E-state index contributed by atoms with van der Waals surface area (Å²) in [6, 6.07) is 8.05. The first-order valence-corrected chi connectivity index (χ1v) is 7.41. The van der Waals surface area contributed by atoms with Gasteiger partial charge in [-0.3, -0.25) is 9.69 Å². The van der Waals surface area contributed by atoms with Crippen molar-refractivity contribution in [3.8, 4) is 5.75 Å². The first kappa shape index (κ1) is 15.0. The molecule has 1 aromatic rings. The molecule has 1 N–H and O–H groups in total. The number of piperazine rings is 1. The fourth-order valence-electron chi connectivity index (χ4n) is 2.51. The fourth-order valence-corrected chi connectivity index (χ4v) is 2.51. The van der Waals surface area contributed by atoms with Crippen molar-refractivity contribution in [2.45, 2.75) is 26.3 Å². The first-order chi connectivity index (χ1) is 9.70. The molecule has 1 atom stereocenters. The van der Waals surface area contributed by atoms with E-state index in [4.69, 9.17) is 4.74 Å². The largest absolute Gasteiger partial charge is 0.491 e. The molecule has 0 aliphatic carbocycles. The number of rotatable bonds is 6. The fraction of sp³-hybridized carbons (Fsp3) is 0.562. The van der Waals surface area contributed by atoms with Crippen molar-refractivity contribution in [3.63, 3.8) is 0 Å². The van der Waals surface area contributed by atoms with Crippen molar-refractivity contribution in [1.29, 1.82) is 0 Å². The Morgan fingerprint density at radius 1 is 1.45 bits per heavy atom. The number of ketones is 1. The molecule has 0 spiro atoms. The van der Waals surface area contributed by atoms with E-state index >= 15 is 0 Å². The maximum Gasteiger partial charge on any atom is 0.166 e. The highest BCUT2D eigenvalue weighted by atomic mass is 16.5. The van der Waals surface area contributed by atoms with Gasteiger partial charge in [-0.25, -0.2) is 0 Å². The molecule has 1 heterocycles. The number of nitrogens with zero attached hydrogens (tertiary/aromatic N) is 1. The predicted molar refractivity (Wildman–Crippen MR) is 80.5 cm³/mol. The van der Waals surface area contributed by atoms with Gasteiger partial charge in [-0.05, 0) is 19.1 Å². The van der Waals surface area contributed by atoms with Gasteiger partial charge in [-0.2, -0.15) is 0 Å². The summed E-state index contributed by atoms with van der Waals surface area (Å²) >= 11 is 0. The molecule has 0 amide bonds. The average Bonchev–Trinajstić information content (AvgIpc) is 2.47. The van der Waals surface area contributed by atoms with Crippen molar-refractivity contribution < 1.29 is 9.53 Å². The minimum atomic E-state index is 0.136. The van der Waals surface area contributed by atoms with E-state index in [-0.39, 0.29) is 5.78 Å². The van der Waals surface area contributed by atoms with Crippen molar-refractivity contribution >= 4 is 5.78 Å². The van der Waals surface area contributed by atoms with Crippen LogP contribution in [-0.2, 0) is 0 Å². The third-order valence-corrected chi connectivity index (χ3v) is 3.63. The molecule has 0 bridgehead atoms. The quantitative estimate of drug-likeness (QED) is 0.806. The van der Waals surface area contributed by atoms with Crippen molar-refractivity contribution in [2.75, 3.05) is 32.8 Å². The SMILES string of the molecule is CCC(=O)c1ccccc1OCCN1CCNC(C)C1. The summed E-state index contributed by atoms with van der Waals surface area (Å²) in [5.41, 5.74) is 0.698. The number of ether oxygens (including phenoxy) is 1. The molecule has 1 aromatic carbocycles. The zero-order chi connectivity index (χ0) is 14.4. The van der Waals surface area contributed by atoms with Gasteiger partial charge in [-0.1, -0.05) is 19.1 Å². The molecule has 1 fully saturated rings. The Morgan fingerprint density at radius 3 is 3.00 bits per heavy atom. The van der Waals surface area contributed by atoms with Crippen molar-refractivity contribution in [1.82, 2.24) is 10.2 Å². The second kappa shape index (κ2) is 7.41. The van der Waals surface area contributed by atoms with Crippen LogP contribution in [0.15, 0.2) is 24.3 Å². The summed E-state index contributed by atoms with van der Waals surface area (Å²) in [6.07, 6.45) is 0.510. The summed E-state index contributed by atoms with van der Waals surface area (Å²) in [7, 11) is 0. The second-order valence-corrected chi connectivity index (χ2v) is 5.28. The van der Waals surface area contributed by atoms with E-state index in [0.717, 1.165) is 26.2 Å². The van der Waals surface area contributed by atoms with Crippen LogP contribution < -0.4 is 10.1 Å². The molecular formula is C16H24N2O2. The molecule has 1 aliphatic heterocycles. The maximum absolute atomic E-state index is 11.8. The predicted octanol–water partition coefficient (Wildman–Crippen LogP) is 1.95. The standard InChI is InChI=1S/C16H24N2O2/c1-3-15(19)14-6-4-5-7-16(14)20-11-10-18-9-8-17-13(2)12-18/h4-7,13,17H,3,8-12H2,1-2H3. The highest BCUT2D eigenvalue weighted by molar-refractivity contribution is 5.98. The Kier molecular flexibility index (Phi) is 5.56. The first-order valence-electron chi connectivity index (χ1n) is 7.41. The molecule has 1 aliphatic rings. The Bertz CT molecular complexity index is 448.